The van der Waals surface area contributed by atoms with Crippen molar-refractivity contribution >= 4 is 33.2 Å². The van der Waals surface area contributed by atoms with E-state index < -0.39 is 10.0 Å². The summed E-state index contributed by atoms with van der Waals surface area (Å²) in [4.78, 5) is 11.8. The van der Waals surface area contributed by atoms with Crippen molar-refractivity contribution in [3.8, 4) is 0 Å². The molecule has 1 amide bonds. The van der Waals surface area contributed by atoms with Crippen molar-refractivity contribution in [1.82, 2.24) is 5.32 Å². The summed E-state index contributed by atoms with van der Waals surface area (Å²) in [6.45, 7) is 0.387. The Kier molecular flexibility index (Phi) is 4.55. The number of carbonyl (C=O) groups excluding carboxylic acids is 1. The Morgan fingerprint density at radius 1 is 1.45 bits per heavy atom. The van der Waals surface area contributed by atoms with Gasteiger partial charge in [0.05, 0.1) is 11.9 Å². The van der Waals surface area contributed by atoms with Gasteiger partial charge in [-0.1, -0.05) is 17.7 Å². The number of rotatable bonds is 6. The van der Waals surface area contributed by atoms with E-state index in [2.05, 4.69) is 5.32 Å². The second kappa shape index (κ2) is 6.01. The molecule has 1 aliphatic carbocycles. The van der Waals surface area contributed by atoms with E-state index in [4.69, 9.17) is 11.6 Å². The number of sulfonamides is 1. The van der Waals surface area contributed by atoms with Crippen LogP contribution in [0.15, 0.2) is 24.3 Å². The van der Waals surface area contributed by atoms with Crippen LogP contribution in [0.5, 0.6) is 0 Å². The van der Waals surface area contributed by atoms with Crippen molar-refractivity contribution in [3.05, 3.63) is 29.3 Å². The molecule has 20 heavy (non-hydrogen) atoms. The highest BCUT2D eigenvalue weighted by atomic mass is 35.5. The van der Waals surface area contributed by atoms with Crippen LogP contribution < -0.4 is 9.62 Å². The van der Waals surface area contributed by atoms with Crippen LogP contribution in [0.2, 0.25) is 5.02 Å². The molecular formula is C13H17ClN2O3S. The maximum atomic E-state index is 11.8. The summed E-state index contributed by atoms with van der Waals surface area (Å²) in [6.07, 6.45) is 3.33. The molecule has 1 aromatic carbocycles. The summed E-state index contributed by atoms with van der Waals surface area (Å²) in [6, 6.07) is 6.44. The van der Waals surface area contributed by atoms with Crippen LogP contribution in [0.1, 0.15) is 12.8 Å². The lowest BCUT2D eigenvalue weighted by molar-refractivity contribution is -0.119. The van der Waals surface area contributed by atoms with Crippen molar-refractivity contribution in [2.75, 3.05) is 23.7 Å². The highest BCUT2D eigenvalue weighted by molar-refractivity contribution is 7.92. The monoisotopic (exact) mass is 316 g/mol. The molecule has 0 atom stereocenters. The average Bonchev–Trinajstić information content (AvgIpc) is 3.16. The van der Waals surface area contributed by atoms with Crippen LogP contribution in [0.4, 0.5) is 5.69 Å². The summed E-state index contributed by atoms with van der Waals surface area (Å²) >= 11 is 5.86. The van der Waals surface area contributed by atoms with E-state index in [-0.39, 0.29) is 12.5 Å². The molecule has 0 bridgehead atoms. The smallest absolute Gasteiger partial charge is 0.240 e. The number of nitrogens with zero attached hydrogens (tertiary/aromatic N) is 1. The molecular weight excluding hydrogens is 300 g/mol. The number of benzene rings is 1. The second-order valence-corrected chi connectivity index (χ2v) is 7.34. The molecule has 2 rings (SSSR count). The van der Waals surface area contributed by atoms with E-state index in [1.807, 2.05) is 0 Å². The summed E-state index contributed by atoms with van der Waals surface area (Å²) < 4.78 is 24.7. The Morgan fingerprint density at radius 2 is 2.15 bits per heavy atom. The molecule has 0 unspecified atom stereocenters. The highest BCUT2D eigenvalue weighted by Gasteiger charge is 2.24. The van der Waals surface area contributed by atoms with Gasteiger partial charge in [-0.2, -0.15) is 0 Å². The zero-order valence-electron chi connectivity index (χ0n) is 11.2. The highest BCUT2D eigenvalue weighted by Crippen LogP contribution is 2.27. The van der Waals surface area contributed by atoms with Gasteiger partial charge in [-0.05, 0) is 37.0 Å². The molecule has 0 spiro atoms. The summed E-state index contributed by atoms with van der Waals surface area (Å²) in [5, 5.41) is 3.18. The third kappa shape index (κ3) is 4.38. The maximum absolute atomic E-state index is 11.8. The molecule has 1 aliphatic rings. The lowest BCUT2D eigenvalue weighted by Crippen LogP contribution is -2.40. The van der Waals surface area contributed by atoms with Gasteiger partial charge in [-0.15, -0.1) is 0 Å². The molecule has 110 valence electrons. The zero-order valence-corrected chi connectivity index (χ0v) is 12.7. The predicted octanol–water partition coefficient (Wildman–Crippen LogP) is 1.63. The Hall–Kier alpha value is -1.27. The fourth-order valence-electron chi connectivity index (χ4n) is 1.80. The Labute approximate surface area is 124 Å². The minimum Gasteiger partial charge on any atom is -0.354 e. The minimum atomic E-state index is -3.54. The van der Waals surface area contributed by atoms with Crippen LogP contribution in [0.3, 0.4) is 0 Å². The van der Waals surface area contributed by atoms with Crippen molar-refractivity contribution in [1.29, 1.82) is 0 Å². The van der Waals surface area contributed by atoms with Crippen LogP contribution in [-0.4, -0.2) is 33.7 Å². The largest absolute Gasteiger partial charge is 0.354 e. The molecule has 1 aromatic rings. The van der Waals surface area contributed by atoms with Gasteiger partial charge in [-0.25, -0.2) is 8.42 Å². The zero-order chi connectivity index (χ0) is 14.8. The molecule has 0 aromatic heterocycles. The standard InChI is InChI=1S/C13H17ClN2O3S/c1-20(18,19)16(12-4-2-3-11(14)7-12)9-13(17)15-8-10-5-6-10/h2-4,7,10H,5-6,8-9H2,1H3,(H,15,17). The van der Waals surface area contributed by atoms with Gasteiger partial charge in [0.25, 0.3) is 0 Å². The van der Waals surface area contributed by atoms with Gasteiger partial charge in [0.15, 0.2) is 0 Å². The maximum Gasteiger partial charge on any atom is 0.240 e. The van der Waals surface area contributed by atoms with Gasteiger partial charge in [0.2, 0.25) is 15.9 Å². The van der Waals surface area contributed by atoms with E-state index in [0.717, 1.165) is 23.4 Å². The average molecular weight is 317 g/mol. The Balaban J connectivity index is 2.09. The quantitative estimate of drug-likeness (QED) is 0.867. The number of halogens is 1. The summed E-state index contributed by atoms with van der Waals surface area (Å²) in [7, 11) is -3.54. The summed E-state index contributed by atoms with van der Waals surface area (Å²) in [5.41, 5.74) is 0.390. The van der Waals surface area contributed by atoms with E-state index in [0.29, 0.717) is 23.2 Å². The third-order valence-electron chi connectivity index (χ3n) is 3.07. The fourth-order valence-corrected chi connectivity index (χ4v) is 2.83. The SMILES string of the molecule is CS(=O)(=O)N(CC(=O)NCC1CC1)c1cccc(Cl)c1. The van der Waals surface area contributed by atoms with Crippen LogP contribution in [0, 0.1) is 5.92 Å². The third-order valence-corrected chi connectivity index (χ3v) is 4.44. The molecule has 0 aliphatic heterocycles. The van der Waals surface area contributed by atoms with Gasteiger partial charge < -0.3 is 5.32 Å². The number of hydrogen-bond donors (Lipinski definition) is 1. The van der Waals surface area contributed by atoms with E-state index in [1.165, 1.54) is 6.07 Å². The van der Waals surface area contributed by atoms with Crippen molar-refractivity contribution in [2.24, 2.45) is 5.92 Å². The molecule has 7 heteroatoms. The van der Waals surface area contributed by atoms with Gasteiger partial charge in [-0.3, -0.25) is 9.10 Å². The van der Waals surface area contributed by atoms with Crippen LogP contribution in [0.25, 0.3) is 0 Å². The first-order chi connectivity index (χ1) is 9.36. The number of anilines is 1. The van der Waals surface area contributed by atoms with Gasteiger partial charge in [0.1, 0.15) is 6.54 Å². The number of hydrogen-bond acceptors (Lipinski definition) is 3. The first-order valence-electron chi connectivity index (χ1n) is 6.36. The first kappa shape index (κ1) is 15.1. The molecule has 0 radical (unpaired) electrons. The Morgan fingerprint density at radius 3 is 2.70 bits per heavy atom. The first-order valence-corrected chi connectivity index (χ1v) is 8.59. The molecule has 0 saturated heterocycles. The number of nitrogens with one attached hydrogen (secondary N) is 1. The van der Waals surface area contributed by atoms with E-state index in [1.54, 1.807) is 18.2 Å². The van der Waals surface area contributed by atoms with Gasteiger partial charge >= 0.3 is 0 Å². The molecule has 1 fully saturated rings. The van der Waals surface area contributed by atoms with Gasteiger partial charge in [0, 0.05) is 11.6 Å². The van der Waals surface area contributed by atoms with Crippen molar-refractivity contribution in [3.63, 3.8) is 0 Å². The molecule has 1 saturated carbocycles. The lowest BCUT2D eigenvalue weighted by Gasteiger charge is -2.22. The Bertz CT molecular complexity index is 599. The molecule has 0 heterocycles. The van der Waals surface area contributed by atoms with Crippen LogP contribution >= 0.6 is 11.6 Å². The van der Waals surface area contributed by atoms with Crippen LogP contribution in [-0.2, 0) is 14.8 Å². The lowest BCUT2D eigenvalue weighted by atomic mass is 10.3. The van der Waals surface area contributed by atoms with E-state index >= 15 is 0 Å². The minimum absolute atomic E-state index is 0.230. The van der Waals surface area contributed by atoms with Crippen molar-refractivity contribution in [2.45, 2.75) is 12.8 Å². The topological polar surface area (TPSA) is 66.5 Å². The molecule has 1 N–H and O–H groups in total. The normalized spacial score (nSPS) is 14.9. The second-order valence-electron chi connectivity index (χ2n) is 5.00. The molecule has 5 nitrogen and oxygen atoms in total. The van der Waals surface area contributed by atoms with Crippen molar-refractivity contribution < 1.29 is 13.2 Å². The number of amides is 1. The fraction of sp³-hybridized carbons (Fsp3) is 0.462. The van der Waals surface area contributed by atoms with E-state index in [9.17, 15) is 13.2 Å². The summed E-state index contributed by atoms with van der Waals surface area (Å²) in [5.74, 6) is 0.249. The number of carbonyl (C=O) groups is 1. The predicted molar refractivity (Wildman–Crippen MR) is 79.4 cm³/mol.